The van der Waals surface area contributed by atoms with Crippen LogP contribution in [-0.4, -0.2) is 37.7 Å². The van der Waals surface area contributed by atoms with E-state index in [4.69, 9.17) is 0 Å². The lowest BCUT2D eigenvalue weighted by Gasteiger charge is -2.10. The second-order valence-corrected chi connectivity index (χ2v) is 7.97. The maximum Gasteiger partial charge on any atom is 0.293 e. The van der Waals surface area contributed by atoms with Crippen LogP contribution in [0.3, 0.4) is 0 Å². The Balaban J connectivity index is 1.65. The molecule has 3 rings (SSSR count). The molecule has 0 radical (unpaired) electrons. The van der Waals surface area contributed by atoms with Gasteiger partial charge in [-0.15, -0.1) is 0 Å². The SMILES string of the molecule is CS(=O)(=O)c1ccc(NCCNc2ccc3ccccc3n2)c([N+](=O)[O-])c1. The van der Waals surface area contributed by atoms with Crippen molar-refractivity contribution in [2.45, 2.75) is 4.90 Å². The van der Waals surface area contributed by atoms with Crippen LogP contribution in [0.5, 0.6) is 0 Å². The summed E-state index contributed by atoms with van der Waals surface area (Å²) in [5.41, 5.74) is 0.866. The Bertz CT molecular complexity index is 1100. The standard InChI is InChI=1S/C18H18N4O4S/c1-27(25,26)14-7-8-16(17(12-14)22(23)24)19-10-11-20-18-9-6-13-4-2-3-5-15(13)21-18/h2-9,12,19H,10-11H2,1H3,(H,20,21). The predicted molar refractivity (Wildman–Crippen MR) is 105 cm³/mol. The quantitative estimate of drug-likeness (QED) is 0.364. The van der Waals surface area contributed by atoms with E-state index in [-0.39, 0.29) is 16.3 Å². The summed E-state index contributed by atoms with van der Waals surface area (Å²) >= 11 is 0. The third-order valence-corrected chi connectivity index (χ3v) is 5.05. The van der Waals surface area contributed by atoms with Gasteiger partial charge in [0.15, 0.2) is 9.84 Å². The number of hydrogen-bond acceptors (Lipinski definition) is 7. The Morgan fingerprint density at radius 1 is 1.04 bits per heavy atom. The van der Waals surface area contributed by atoms with E-state index in [9.17, 15) is 18.5 Å². The smallest absolute Gasteiger partial charge is 0.293 e. The molecule has 0 atom stereocenters. The van der Waals surface area contributed by atoms with E-state index in [0.717, 1.165) is 23.2 Å². The average Bonchev–Trinajstić information content (AvgIpc) is 2.64. The lowest BCUT2D eigenvalue weighted by molar-refractivity contribution is -0.384. The van der Waals surface area contributed by atoms with E-state index < -0.39 is 14.8 Å². The molecule has 0 aliphatic heterocycles. The molecule has 0 bridgehead atoms. The van der Waals surface area contributed by atoms with Crippen LogP contribution in [-0.2, 0) is 9.84 Å². The number of nitro benzene ring substituents is 1. The highest BCUT2D eigenvalue weighted by Crippen LogP contribution is 2.27. The van der Waals surface area contributed by atoms with E-state index in [0.29, 0.717) is 18.9 Å². The second kappa shape index (κ2) is 7.58. The highest BCUT2D eigenvalue weighted by Gasteiger charge is 2.18. The van der Waals surface area contributed by atoms with Crippen LogP contribution in [0.15, 0.2) is 59.5 Å². The number of fused-ring (bicyclic) bond motifs is 1. The summed E-state index contributed by atoms with van der Waals surface area (Å²) in [5, 5.41) is 18.4. The number of nitro groups is 1. The lowest BCUT2D eigenvalue weighted by atomic mass is 10.2. The molecular weight excluding hydrogens is 368 g/mol. The van der Waals surface area contributed by atoms with Gasteiger partial charge in [-0.3, -0.25) is 10.1 Å². The van der Waals surface area contributed by atoms with Gasteiger partial charge in [0.1, 0.15) is 11.5 Å². The Morgan fingerprint density at radius 2 is 1.78 bits per heavy atom. The first-order chi connectivity index (χ1) is 12.8. The zero-order valence-electron chi connectivity index (χ0n) is 14.5. The van der Waals surface area contributed by atoms with Crippen molar-refractivity contribution < 1.29 is 13.3 Å². The first-order valence-corrected chi connectivity index (χ1v) is 10.1. The molecule has 0 amide bonds. The van der Waals surface area contributed by atoms with Gasteiger partial charge < -0.3 is 10.6 Å². The summed E-state index contributed by atoms with van der Waals surface area (Å²) in [5.74, 6) is 0.706. The fraction of sp³-hybridized carbons (Fsp3) is 0.167. The fourth-order valence-corrected chi connectivity index (χ4v) is 3.24. The summed E-state index contributed by atoms with van der Waals surface area (Å²) in [6, 6.07) is 15.4. The van der Waals surface area contributed by atoms with Crippen LogP contribution >= 0.6 is 0 Å². The van der Waals surface area contributed by atoms with Crippen LogP contribution in [0.1, 0.15) is 0 Å². The van der Waals surface area contributed by atoms with Gasteiger partial charge in [-0.2, -0.15) is 0 Å². The Labute approximate surface area is 156 Å². The van der Waals surface area contributed by atoms with Crippen molar-refractivity contribution >= 4 is 37.9 Å². The third-order valence-electron chi connectivity index (χ3n) is 3.94. The van der Waals surface area contributed by atoms with Gasteiger partial charge in [0.2, 0.25) is 0 Å². The topological polar surface area (TPSA) is 114 Å². The Hall–Kier alpha value is -3.20. The van der Waals surface area contributed by atoms with Crippen molar-refractivity contribution in [3.8, 4) is 0 Å². The molecule has 0 saturated heterocycles. The number of nitrogens with one attached hydrogen (secondary N) is 2. The molecule has 140 valence electrons. The van der Waals surface area contributed by atoms with E-state index >= 15 is 0 Å². The Kier molecular flexibility index (Phi) is 5.22. The van der Waals surface area contributed by atoms with Crippen LogP contribution in [0, 0.1) is 10.1 Å². The van der Waals surface area contributed by atoms with Gasteiger partial charge in [-0.25, -0.2) is 13.4 Å². The molecule has 0 spiro atoms. The number of aromatic nitrogens is 1. The average molecular weight is 386 g/mol. The van der Waals surface area contributed by atoms with Crippen molar-refractivity contribution in [2.24, 2.45) is 0 Å². The van der Waals surface area contributed by atoms with E-state index in [2.05, 4.69) is 15.6 Å². The number of rotatable bonds is 7. The zero-order chi connectivity index (χ0) is 19.4. The summed E-state index contributed by atoms with van der Waals surface area (Å²) in [7, 11) is -3.51. The molecular formula is C18H18N4O4S. The molecule has 2 N–H and O–H groups in total. The van der Waals surface area contributed by atoms with Crippen LogP contribution < -0.4 is 10.6 Å². The molecule has 0 saturated carbocycles. The molecule has 9 heteroatoms. The number of nitrogens with zero attached hydrogens (tertiary/aromatic N) is 2. The van der Waals surface area contributed by atoms with Crippen LogP contribution in [0.2, 0.25) is 0 Å². The van der Waals surface area contributed by atoms with Crippen LogP contribution in [0.4, 0.5) is 17.2 Å². The van der Waals surface area contributed by atoms with Gasteiger partial charge >= 0.3 is 0 Å². The first kappa shape index (κ1) is 18.6. The van der Waals surface area contributed by atoms with E-state index in [1.165, 1.54) is 12.1 Å². The first-order valence-electron chi connectivity index (χ1n) is 8.16. The zero-order valence-corrected chi connectivity index (χ0v) is 15.4. The van der Waals surface area contributed by atoms with Gasteiger partial charge in [-0.1, -0.05) is 18.2 Å². The fourth-order valence-electron chi connectivity index (χ4n) is 2.59. The normalized spacial score (nSPS) is 11.3. The predicted octanol–water partition coefficient (Wildman–Crippen LogP) is 3.07. The number of anilines is 2. The molecule has 1 aromatic heterocycles. The molecule has 27 heavy (non-hydrogen) atoms. The monoisotopic (exact) mass is 386 g/mol. The largest absolute Gasteiger partial charge is 0.378 e. The van der Waals surface area contributed by atoms with Crippen molar-refractivity contribution in [1.82, 2.24) is 4.98 Å². The maximum absolute atomic E-state index is 11.6. The highest BCUT2D eigenvalue weighted by atomic mass is 32.2. The minimum absolute atomic E-state index is 0.0850. The number of sulfone groups is 1. The molecule has 0 unspecified atom stereocenters. The minimum atomic E-state index is -3.51. The molecule has 0 fully saturated rings. The molecule has 3 aromatic rings. The summed E-state index contributed by atoms with van der Waals surface area (Å²) in [4.78, 5) is 15.0. The summed E-state index contributed by atoms with van der Waals surface area (Å²) in [6.07, 6.45) is 1.01. The molecule has 0 aliphatic rings. The second-order valence-electron chi connectivity index (χ2n) is 5.95. The van der Waals surface area contributed by atoms with Gasteiger partial charge in [0, 0.05) is 30.8 Å². The summed E-state index contributed by atoms with van der Waals surface area (Å²) in [6.45, 7) is 0.879. The maximum atomic E-state index is 11.6. The molecule has 0 aliphatic carbocycles. The molecule has 8 nitrogen and oxygen atoms in total. The third kappa shape index (κ3) is 4.50. The van der Waals surface area contributed by atoms with Gasteiger partial charge in [0.05, 0.1) is 15.3 Å². The number of hydrogen-bond donors (Lipinski definition) is 2. The van der Waals surface area contributed by atoms with Gasteiger partial charge in [0.25, 0.3) is 5.69 Å². The minimum Gasteiger partial charge on any atom is -0.378 e. The molecule has 1 heterocycles. The van der Waals surface area contributed by atoms with Crippen molar-refractivity contribution in [3.05, 3.63) is 64.7 Å². The van der Waals surface area contributed by atoms with Crippen molar-refractivity contribution in [1.29, 1.82) is 0 Å². The number of pyridine rings is 1. The summed E-state index contributed by atoms with van der Waals surface area (Å²) < 4.78 is 23.1. The number of para-hydroxylation sites is 1. The van der Waals surface area contributed by atoms with E-state index in [1.807, 2.05) is 36.4 Å². The lowest BCUT2D eigenvalue weighted by Crippen LogP contribution is -2.15. The van der Waals surface area contributed by atoms with Crippen molar-refractivity contribution in [3.63, 3.8) is 0 Å². The Morgan fingerprint density at radius 3 is 2.52 bits per heavy atom. The molecule has 2 aromatic carbocycles. The highest BCUT2D eigenvalue weighted by molar-refractivity contribution is 7.90. The van der Waals surface area contributed by atoms with Gasteiger partial charge in [-0.05, 0) is 30.3 Å². The van der Waals surface area contributed by atoms with Crippen molar-refractivity contribution in [2.75, 3.05) is 30.0 Å². The van der Waals surface area contributed by atoms with E-state index in [1.54, 1.807) is 0 Å². The number of benzene rings is 2. The van der Waals surface area contributed by atoms with Crippen LogP contribution in [0.25, 0.3) is 10.9 Å².